The standard InChI is InChI=1S/C19H20N2O5/c1-11(2)18-16(17(22)12-4-6-13(25-3)7-5-12)14-10-19(20,21(23)24)9-8-15(14)26-18/h4-9,11H,10,20H2,1-3H3. The number of hydrogen-bond donors (Lipinski definition) is 1. The second-order valence-corrected chi connectivity index (χ2v) is 6.65. The van der Waals surface area contributed by atoms with Gasteiger partial charge in [0.15, 0.2) is 5.78 Å². The number of ether oxygens (including phenoxy) is 1. The molecule has 1 atom stereocenters. The zero-order valence-electron chi connectivity index (χ0n) is 14.8. The second kappa shape index (κ2) is 6.42. The van der Waals surface area contributed by atoms with Gasteiger partial charge in [0.05, 0.1) is 19.1 Å². The molecule has 3 rings (SSSR count). The van der Waals surface area contributed by atoms with E-state index in [1.165, 1.54) is 12.2 Å². The summed E-state index contributed by atoms with van der Waals surface area (Å²) in [6.45, 7) is 3.81. The largest absolute Gasteiger partial charge is 0.497 e. The molecular weight excluding hydrogens is 336 g/mol. The van der Waals surface area contributed by atoms with Crippen LogP contribution in [0.5, 0.6) is 5.75 Å². The number of nitrogens with zero attached hydrogens (tertiary/aromatic N) is 1. The molecule has 2 N–H and O–H groups in total. The van der Waals surface area contributed by atoms with E-state index in [-0.39, 0.29) is 18.1 Å². The van der Waals surface area contributed by atoms with Gasteiger partial charge in [-0.25, -0.2) is 0 Å². The van der Waals surface area contributed by atoms with E-state index < -0.39 is 10.6 Å². The summed E-state index contributed by atoms with van der Waals surface area (Å²) < 4.78 is 11.0. The maximum Gasteiger partial charge on any atom is 0.296 e. The van der Waals surface area contributed by atoms with Gasteiger partial charge in [-0.1, -0.05) is 13.8 Å². The number of benzene rings is 1. The van der Waals surface area contributed by atoms with Crippen LogP contribution in [0.3, 0.4) is 0 Å². The molecule has 2 aromatic rings. The maximum atomic E-state index is 13.1. The van der Waals surface area contributed by atoms with E-state index in [4.69, 9.17) is 14.9 Å². The molecule has 0 radical (unpaired) electrons. The summed E-state index contributed by atoms with van der Waals surface area (Å²) in [5.74, 6) is 1.29. The Bertz CT molecular complexity index is 895. The lowest BCUT2D eigenvalue weighted by atomic mass is 9.87. The van der Waals surface area contributed by atoms with Crippen molar-refractivity contribution in [3.8, 4) is 5.75 Å². The van der Waals surface area contributed by atoms with Gasteiger partial charge < -0.3 is 9.15 Å². The number of furan rings is 1. The molecule has 1 aliphatic carbocycles. The van der Waals surface area contributed by atoms with Gasteiger partial charge >= 0.3 is 0 Å². The van der Waals surface area contributed by atoms with Gasteiger partial charge in [-0.2, -0.15) is 0 Å². The quantitative estimate of drug-likeness (QED) is 0.381. The third-order valence-corrected chi connectivity index (χ3v) is 4.49. The summed E-state index contributed by atoms with van der Waals surface area (Å²) >= 11 is 0. The first-order chi connectivity index (χ1) is 12.3. The van der Waals surface area contributed by atoms with Crippen LogP contribution in [-0.4, -0.2) is 23.5 Å². The number of carbonyl (C=O) groups excluding carboxylic acids is 1. The van der Waals surface area contributed by atoms with E-state index in [1.54, 1.807) is 31.4 Å². The average Bonchev–Trinajstić information content (AvgIpc) is 2.99. The summed E-state index contributed by atoms with van der Waals surface area (Å²) in [6, 6.07) is 6.71. The average molecular weight is 356 g/mol. The predicted molar refractivity (Wildman–Crippen MR) is 95.9 cm³/mol. The lowest BCUT2D eigenvalue weighted by molar-refractivity contribution is -0.553. The number of methoxy groups -OCH3 is 1. The monoisotopic (exact) mass is 356 g/mol. The van der Waals surface area contributed by atoms with Crippen molar-refractivity contribution in [1.29, 1.82) is 0 Å². The molecule has 1 aromatic carbocycles. The Balaban J connectivity index is 2.11. The number of nitro groups is 1. The van der Waals surface area contributed by atoms with Crippen molar-refractivity contribution in [1.82, 2.24) is 0 Å². The fourth-order valence-corrected chi connectivity index (χ4v) is 3.04. The molecule has 0 bridgehead atoms. The van der Waals surface area contributed by atoms with Gasteiger partial charge in [-0.05, 0) is 30.3 Å². The van der Waals surface area contributed by atoms with Gasteiger partial charge in [0.2, 0.25) is 0 Å². The Morgan fingerprint density at radius 3 is 2.54 bits per heavy atom. The Labute approximate surface area is 150 Å². The number of ketones is 1. The van der Waals surface area contributed by atoms with Crippen LogP contribution in [0.25, 0.3) is 6.08 Å². The first-order valence-corrected chi connectivity index (χ1v) is 8.23. The number of nitrogens with two attached hydrogens (primary N) is 1. The molecule has 0 fully saturated rings. The van der Waals surface area contributed by atoms with Crippen molar-refractivity contribution >= 4 is 11.9 Å². The van der Waals surface area contributed by atoms with E-state index >= 15 is 0 Å². The van der Waals surface area contributed by atoms with Crippen LogP contribution in [0.4, 0.5) is 0 Å². The van der Waals surface area contributed by atoms with Crippen molar-refractivity contribution in [3.05, 3.63) is 68.7 Å². The molecule has 7 nitrogen and oxygen atoms in total. The van der Waals surface area contributed by atoms with Crippen molar-refractivity contribution in [2.24, 2.45) is 5.73 Å². The molecule has 1 unspecified atom stereocenters. The number of hydrogen-bond acceptors (Lipinski definition) is 6. The van der Waals surface area contributed by atoms with Crippen LogP contribution in [0.1, 0.15) is 52.8 Å². The molecule has 0 aliphatic heterocycles. The molecule has 0 amide bonds. The molecule has 26 heavy (non-hydrogen) atoms. The first-order valence-electron chi connectivity index (χ1n) is 8.23. The summed E-state index contributed by atoms with van der Waals surface area (Å²) in [7, 11) is 1.55. The molecule has 7 heteroatoms. The third-order valence-electron chi connectivity index (χ3n) is 4.49. The van der Waals surface area contributed by atoms with E-state index in [9.17, 15) is 14.9 Å². The van der Waals surface area contributed by atoms with Crippen LogP contribution in [0.2, 0.25) is 0 Å². The number of carbonyl (C=O) groups is 1. The smallest absolute Gasteiger partial charge is 0.296 e. The highest BCUT2D eigenvalue weighted by molar-refractivity contribution is 6.11. The van der Waals surface area contributed by atoms with Gasteiger partial charge in [-0.15, -0.1) is 0 Å². The minimum atomic E-state index is -1.75. The Kier molecular flexibility index (Phi) is 4.41. The zero-order valence-corrected chi connectivity index (χ0v) is 14.8. The van der Waals surface area contributed by atoms with E-state index in [2.05, 4.69) is 0 Å². The number of rotatable bonds is 5. The van der Waals surface area contributed by atoms with E-state index in [0.29, 0.717) is 34.0 Å². The highest BCUT2D eigenvalue weighted by Gasteiger charge is 2.42. The van der Waals surface area contributed by atoms with E-state index in [0.717, 1.165) is 0 Å². The topological polar surface area (TPSA) is 109 Å². The first kappa shape index (κ1) is 17.9. The molecule has 0 spiro atoms. The Hall–Kier alpha value is -2.93. The predicted octanol–water partition coefficient (Wildman–Crippen LogP) is 3.14. The SMILES string of the molecule is COc1ccc(C(=O)c2c(C(C)C)oc3c2CC(N)([N+](=O)[O-])C=C3)cc1. The van der Waals surface area contributed by atoms with Gasteiger partial charge in [0, 0.05) is 28.0 Å². The normalized spacial score (nSPS) is 18.7. The lowest BCUT2D eigenvalue weighted by Gasteiger charge is -2.20. The van der Waals surface area contributed by atoms with E-state index in [1.807, 2.05) is 13.8 Å². The minimum Gasteiger partial charge on any atom is -0.497 e. The zero-order chi connectivity index (χ0) is 19.1. The second-order valence-electron chi connectivity index (χ2n) is 6.65. The summed E-state index contributed by atoms with van der Waals surface area (Å²) in [4.78, 5) is 24.0. The fourth-order valence-electron chi connectivity index (χ4n) is 3.04. The van der Waals surface area contributed by atoms with Gasteiger partial charge in [0.1, 0.15) is 17.3 Å². The van der Waals surface area contributed by atoms with Crippen LogP contribution in [-0.2, 0) is 6.42 Å². The molecule has 1 aliphatic rings. The number of fused-ring (bicyclic) bond motifs is 1. The lowest BCUT2D eigenvalue weighted by Crippen LogP contribution is -2.49. The van der Waals surface area contributed by atoms with Gasteiger partial charge in [-0.3, -0.25) is 20.6 Å². The van der Waals surface area contributed by atoms with Crippen molar-refractivity contribution < 1.29 is 18.9 Å². The highest BCUT2D eigenvalue weighted by Crippen LogP contribution is 2.36. The maximum absolute atomic E-state index is 13.1. The Morgan fingerprint density at radius 2 is 2.00 bits per heavy atom. The van der Waals surface area contributed by atoms with Crippen LogP contribution >= 0.6 is 0 Å². The van der Waals surface area contributed by atoms with Crippen molar-refractivity contribution in [2.75, 3.05) is 7.11 Å². The summed E-state index contributed by atoms with van der Waals surface area (Å²) in [5, 5.41) is 11.3. The summed E-state index contributed by atoms with van der Waals surface area (Å²) in [6.07, 6.45) is 2.70. The minimum absolute atomic E-state index is 0.0611. The molecule has 1 aromatic heterocycles. The molecular formula is C19H20N2O5. The van der Waals surface area contributed by atoms with Crippen molar-refractivity contribution in [3.63, 3.8) is 0 Å². The third kappa shape index (κ3) is 2.90. The van der Waals surface area contributed by atoms with Crippen LogP contribution in [0, 0.1) is 10.1 Å². The molecule has 1 heterocycles. The highest BCUT2D eigenvalue weighted by atomic mass is 16.6. The van der Waals surface area contributed by atoms with Gasteiger partial charge in [0.25, 0.3) is 5.66 Å². The molecule has 136 valence electrons. The van der Waals surface area contributed by atoms with Crippen molar-refractivity contribution in [2.45, 2.75) is 31.8 Å². The fraction of sp³-hybridized carbons (Fsp3) is 0.316. The van der Waals surface area contributed by atoms with Crippen LogP contribution in [0.15, 0.2) is 34.8 Å². The van der Waals surface area contributed by atoms with Crippen LogP contribution < -0.4 is 10.5 Å². The molecule has 0 saturated heterocycles. The summed E-state index contributed by atoms with van der Waals surface area (Å²) in [5.41, 5.74) is 5.44. The Morgan fingerprint density at radius 1 is 1.35 bits per heavy atom. The molecule has 0 saturated carbocycles.